The van der Waals surface area contributed by atoms with Crippen LogP contribution in [0.2, 0.25) is 0 Å². The molecule has 1 saturated carbocycles. The van der Waals surface area contributed by atoms with Gasteiger partial charge in [-0.2, -0.15) is 0 Å². The Morgan fingerprint density at radius 3 is 2.54 bits per heavy atom. The van der Waals surface area contributed by atoms with Crippen LogP contribution in [0, 0.1) is 6.92 Å². The second-order valence-electron chi connectivity index (χ2n) is 3.49. The molecule has 0 radical (unpaired) electrons. The lowest BCUT2D eigenvalue weighted by molar-refractivity contribution is 0.401. The summed E-state index contributed by atoms with van der Waals surface area (Å²) in [5.74, 6) is 2.04. The minimum Gasteiger partial charge on any atom is -0.383 e. The van der Waals surface area contributed by atoms with Gasteiger partial charge in [-0.15, -0.1) is 0 Å². The van der Waals surface area contributed by atoms with Crippen LogP contribution in [-0.2, 0) is 0 Å². The first-order valence-electron chi connectivity index (χ1n) is 4.48. The average molecular weight is 242 g/mol. The molecule has 0 atom stereocenters. The lowest BCUT2D eigenvalue weighted by Crippen LogP contribution is -2.14. The van der Waals surface area contributed by atoms with Gasteiger partial charge >= 0.3 is 0 Å². The minimum atomic E-state index is 0.550. The van der Waals surface area contributed by atoms with Gasteiger partial charge in [0.1, 0.15) is 11.6 Å². The number of aryl methyl sites for hydroxylation is 1. The monoisotopic (exact) mass is 241 g/mol. The van der Waals surface area contributed by atoms with E-state index in [4.69, 9.17) is 5.73 Å². The summed E-state index contributed by atoms with van der Waals surface area (Å²) in [7, 11) is 0. The van der Waals surface area contributed by atoms with Crippen LogP contribution in [-0.4, -0.2) is 9.97 Å². The van der Waals surface area contributed by atoms with Crippen molar-refractivity contribution >= 4 is 21.7 Å². The van der Waals surface area contributed by atoms with Crippen molar-refractivity contribution in [2.45, 2.75) is 32.1 Å². The summed E-state index contributed by atoms with van der Waals surface area (Å²) in [6.07, 6.45) is 3.71. The first kappa shape index (κ1) is 8.94. The third-order valence-electron chi connectivity index (χ3n) is 2.53. The molecule has 4 heteroatoms. The highest BCUT2D eigenvalue weighted by atomic mass is 79.9. The van der Waals surface area contributed by atoms with E-state index in [0.29, 0.717) is 11.7 Å². The number of halogens is 1. The Morgan fingerprint density at radius 2 is 2.08 bits per heavy atom. The molecular weight excluding hydrogens is 230 g/mol. The lowest BCUT2D eigenvalue weighted by Gasteiger charge is -2.24. The number of hydrogen-bond donors (Lipinski definition) is 1. The van der Waals surface area contributed by atoms with Crippen molar-refractivity contribution in [3.05, 3.63) is 16.0 Å². The second-order valence-corrected chi connectivity index (χ2v) is 4.29. The van der Waals surface area contributed by atoms with Crippen molar-refractivity contribution in [2.24, 2.45) is 0 Å². The third-order valence-corrected chi connectivity index (χ3v) is 3.51. The molecule has 0 bridgehead atoms. The molecule has 0 unspecified atom stereocenters. The molecular formula is C9H12BrN3. The number of anilines is 1. The van der Waals surface area contributed by atoms with Gasteiger partial charge in [-0.05, 0) is 35.7 Å². The zero-order valence-electron chi connectivity index (χ0n) is 7.55. The average Bonchev–Trinajstić information content (AvgIpc) is 1.96. The molecule has 3 nitrogen and oxygen atoms in total. The maximum absolute atomic E-state index is 5.74. The van der Waals surface area contributed by atoms with E-state index in [9.17, 15) is 0 Å². The maximum Gasteiger partial charge on any atom is 0.141 e. The Bertz CT molecular complexity index is 311. The first-order chi connectivity index (χ1) is 6.18. The Kier molecular flexibility index (Phi) is 2.24. The third kappa shape index (κ3) is 1.55. The molecule has 1 aromatic rings. The minimum absolute atomic E-state index is 0.550. The van der Waals surface area contributed by atoms with Crippen molar-refractivity contribution in [1.29, 1.82) is 0 Å². The Labute approximate surface area is 85.9 Å². The smallest absolute Gasteiger partial charge is 0.141 e. The predicted molar refractivity (Wildman–Crippen MR) is 55.5 cm³/mol. The second kappa shape index (κ2) is 3.25. The molecule has 1 aromatic heterocycles. The van der Waals surface area contributed by atoms with E-state index in [1.165, 1.54) is 19.3 Å². The van der Waals surface area contributed by atoms with Crippen molar-refractivity contribution in [1.82, 2.24) is 9.97 Å². The van der Waals surface area contributed by atoms with E-state index in [-0.39, 0.29) is 0 Å². The van der Waals surface area contributed by atoms with Crippen LogP contribution in [0.25, 0.3) is 0 Å². The fraction of sp³-hybridized carbons (Fsp3) is 0.556. The largest absolute Gasteiger partial charge is 0.383 e. The highest BCUT2D eigenvalue weighted by Gasteiger charge is 2.23. The quantitative estimate of drug-likeness (QED) is 0.822. The zero-order chi connectivity index (χ0) is 9.42. The number of hydrogen-bond acceptors (Lipinski definition) is 3. The summed E-state index contributed by atoms with van der Waals surface area (Å²) in [5.41, 5.74) is 6.68. The molecule has 1 aliphatic carbocycles. The van der Waals surface area contributed by atoms with E-state index in [0.717, 1.165) is 16.0 Å². The van der Waals surface area contributed by atoms with E-state index < -0.39 is 0 Å². The standard InChI is InChI=1S/C9H12BrN3/c1-5-7(10)8(11)13-9(12-5)6-3-2-4-6/h6H,2-4H2,1H3,(H2,11,12,13). The Morgan fingerprint density at radius 1 is 1.38 bits per heavy atom. The molecule has 1 heterocycles. The first-order valence-corrected chi connectivity index (χ1v) is 5.27. The van der Waals surface area contributed by atoms with Gasteiger partial charge in [0.15, 0.2) is 0 Å². The summed E-state index contributed by atoms with van der Waals surface area (Å²) in [6, 6.07) is 0. The Balaban J connectivity index is 2.37. The molecule has 0 spiro atoms. The predicted octanol–water partition coefficient (Wildman–Crippen LogP) is 2.40. The van der Waals surface area contributed by atoms with Crippen molar-refractivity contribution in [3.63, 3.8) is 0 Å². The van der Waals surface area contributed by atoms with Crippen LogP contribution >= 0.6 is 15.9 Å². The normalized spacial score (nSPS) is 17.1. The van der Waals surface area contributed by atoms with E-state index in [1.54, 1.807) is 0 Å². The van der Waals surface area contributed by atoms with Gasteiger partial charge in [-0.25, -0.2) is 9.97 Å². The van der Waals surface area contributed by atoms with Crippen molar-refractivity contribution in [2.75, 3.05) is 5.73 Å². The van der Waals surface area contributed by atoms with Gasteiger partial charge in [-0.3, -0.25) is 0 Å². The lowest BCUT2D eigenvalue weighted by atomic mass is 9.85. The van der Waals surface area contributed by atoms with Crippen LogP contribution in [0.4, 0.5) is 5.82 Å². The number of aromatic nitrogens is 2. The van der Waals surface area contributed by atoms with Crippen LogP contribution in [0.3, 0.4) is 0 Å². The van der Waals surface area contributed by atoms with E-state index in [1.807, 2.05) is 6.92 Å². The molecule has 0 amide bonds. The number of nitrogens with zero attached hydrogens (tertiary/aromatic N) is 2. The Hall–Kier alpha value is -0.640. The molecule has 1 fully saturated rings. The molecule has 70 valence electrons. The summed E-state index contributed by atoms with van der Waals surface area (Å²) in [4.78, 5) is 8.69. The van der Waals surface area contributed by atoms with E-state index >= 15 is 0 Å². The molecule has 2 N–H and O–H groups in total. The van der Waals surface area contributed by atoms with Crippen molar-refractivity contribution < 1.29 is 0 Å². The number of nitrogens with two attached hydrogens (primary N) is 1. The molecule has 13 heavy (non-hydrogen) atoms. The fourth-order valence-electron chi connectivity index (χ4n) is 1.45. The van der Waals surface area contributed by atoms with E-state index in [2.05, 4.69) is 25.9 Å². The fourth-order valence-corrected chi connectivity index (χ4v) is 1.63. The van der Waals surface area contributed by atoms with Crippen LogP contribution in [0.5, 0.6) is 0 Å². The molecule has 2 rings (SSSR count). The van der Waals surface area contributed by atoms with Crippen LogP contribution in [0.1, 0.15) is 36.7 Å². The van der Waals surface area contributed by atoms with Gasteiger partial charge < -0.3 is 5.73 Å². The zero-order valence-corrected chi connectivity index (χ0v) is 9.13. The van der Waals surface area contributed by atoms with Gasteiger partial charge in [0, 0.05) is 5.92 Å². The van der Waals surface area contributed by atoms with Crippen LogP contribution < -0.4 is 5.73 Å². The summed E-state index contributed by atoms with van der Waals surface area (Å²) < 4.78 is 0.829. The van der Waals surface area contributed by atoms with Crippen LogP contribution in [0.15, 0.2) is 4.47 Å². The number of rotatable bonds is 1. The molecule has 0 aromatic carbocycles. The van der Waals surface area contributed by atoms with Gasteiger partial charge in [0.05, 0.1) is 10.2 Å². The molecule has 0 saturated heterocycles. The molecule has 0 aliphatic heterocycles. The highest BCUT2D eigenvalue weighted by Crippen LogP contribution is 2.35. The maximum atomic E-state index is 5.74. The molecule has 1 aliphatic rings. The SMILES string of the molecule is Cc1nc(C2CCC2)nc(N)c1Br. The highest BCUT2D eigenvalue weighted by molar-refractivity contribution is 9.10. The summed E-state index contributed by atoms with van der Waals surface area (Å²) in [5, 5.41) is 0. The van der Waals surface area contributed by atoms with Gasteiger partial charge in [0.25, 0.3) is 0 Å². The van der Waals surface area contributed by atoms with Crippen molar-refractivity contribution in [3.8, 4) is 0 Å². The number of nitrogen functional groups attached to an aromatic ring is 1. The summed E-state index contributed by atoms with van der Waals surface area (Å²) >= 11 is 3.35. The van der Waals surface area contributed by atoms with Gasteiger partial charge in [0.2, 0.25) is 0 Å². The van der Waals surface area contributed by atoms with Gasteiger partial charge in [-0.1, -0.05) is 6.42 Å². The topological polar surface area (TPSA) is 51.8 Å². The summed E-state index contributed by atoms with van der Waals surface area (Å²) in [6.45, 7) is 1.95.